The van der Waals surface area contributed by atoms with Crippen LogP contribution in [0.5, 0.6) is 0 Å². The predicted octanol–water partition coefficient (Wildman–Crippen LogP) is 4.09. The molecule has 8 heteroatoms. The van der Waals surface area contributed by atoms with Crippen LogP contribution < -0.4 is 0 Å². The fourth-order valence-electron chi connectivity index (χ4n) is 3.04. The molecule has 2 atom stereocenters. The number of aliphatic carboxylic acids is 1. The molecule has 6 radical (unpaired) electrons. The molecule has 0 saturated carbocycles. The van der Waals surface area contributed by atoms with Crippen molar-refractivity contribution in [1.82, 2.24) is 0 Å². The van der Waals surface area contributed by atoms with Crippen LogP contribution in [-0.4, -0.2) is 50.7 Å². The first-order valence-corrected chi connectivity index (χ1v) is 11.9. The van der Waals surface area contributed by atoms with Crippen LogP contribution in [0.4, 0.5) is 0 Å². The van der Waals surface area contributed by atoms with E-state index in [1.165, 1.54) is 17.3 Å². The lowest BCUT2D eigenvalue weighted by atomic mass is 9.50. The molecular formula is C22H25B3O3S2. The molecule has 0 aliphatic carbocycles. The van der Waals surface area contributed by atoms with E-state index in [2.05, 4.69) is 12.1 Å². The number of rotatable bonds is 13. The zero-order valence-corrected chi connectivity index (χ0v) is 18.6. The number of carboxylic acid groups (broad SMARTS) is 1. The Kier molecular flexibility index (Phi) is 9.99. The smallest absolute Gasteiger partial charge is 0.302 e. The second-order valence-corrected chi connectivity index (χ2v) is 10.1. The van der Waals surface area contributed by atoms with Crippen molar-refractivity contribution >= 4 is 53.0 Å². The molecule has 0 saturated heterocycles. The van der Waals surface area contributed by atoms with Crippen LogP contribution in [0.15, 0.2) is 60.7 Å². The van der Waals surface area contributed by atoms with Gasteiger partial charge in [0.2, 0.25) is 0 Å². The van der Waals surface area contributed by atoms with E-state index in [0.29, 0.717) is 18.4 Å². The van der Waals surface area contributed by atoms with Crippen molar-refractivity contribution in [2.75, 3.05) is 5.75 Å². The Morgan fingerprint density at radius 1 is 0.967 bits per heavy atom. The van der Waals surface area contributed by atoms with Gasteiger partial charge in [0.25, 0.3) is 0 Å². The van der Waals surface area contributed by atoms with Crippen molar-refractivity contribution in [2.45, 2.75) is 46.7 Å². The third-order valence-corrected chi connectivity index (χ3v) is 7.10. The van der Waals surface area contributed by atoms with Crippen LogP contribution in [0.1, 0.15) is 36.8 Å². The Hall–Kier alpha value is -1.24. The number of benzene rings is 2. The molecule has 152 valence electrons. The van der Waals surface area contributed by atoms with E-state index < -0.39 is 16.0 Å². The Balaban J connectivity index is 1.97. The summed E-state index contributed by atoms with van der Waals surface area (Å²) in [6.45, 7) is 0. The van der Waals surface area contributed by atoms with Gasteiger partial charge in [0.15, 0.2) is 0 Å². The highest BCUT2D eigenvalue weighted by Gasteiger charge is 2.29. The maximum Gasteiger partial charge on any atom is 0.302 e. The van der Waals surface area contributed by atoms with E-state index in [1.54, 1.807) is 12.1 Å². The first-order chi connectivity index (χ1) is 14.2. The molecule has 0 aliphatic heterocycles. The van der Waals surface area contributed by atoms with E-state index in [4.69, 9.17) is 28.6 Å². The van der Waals surface area contributed by atoms with Gasteiger partial charge in [-0.25, -0.2) is 0 Å². The van der Waals surface area contributed by atoms with Crippen LogP contribution in [0.2, 0.25) is 5.21 Å². The quantitative estimate of drug-likeness (QED) is 0.283. The summed E-state index contributed by atoms with van der Waals surface area (Å²) in [6.07, 6.45) is 1.37. The van der Waals surface area contributed by atoms with Gasteiger partial charge < -0.3 is 10.2 Å². The SMILES string of the molecule is [B]C([B])(CCC(CCSCc1ccccc1)SC([B])(O)c1ccccc1)CC(=O)O. The third kappa shape index (κ3) is 9.28. The molecule has 0 amide bonds. The Bertz CT molecular complexity index is 774. The van der Waals surface area contributed by atoms with E-state index in [9.17, 15) is 9.90 Å². The summed E-state index contributed by atoms with van der Waals surface area (Å²) in [5.41, 5.74) is 1.88. The number of carbonyl (C=O) groups is 1. The van der Waals surface area contributed by atoms with Crippen molar-refractivity contribution < 1.29 is 15.0 Å². The van der Waals surface area contributed by atoms with Gasteiger partial charge in [-0.1, -0.05) is 72.3 Å². The molecule has 0 fully saturated rings. The molecule has 2 N–H and O–H groups in total. The van der Waals surface area contributed by atoms with Gasteiger partial charge in [0, 0.05) is 17.4 Å². The predicted molar refractivity (Wildman–Crippen MR) is 130 cm³/mol. The standard InChI is InChI=1S/C22H25B3O3S2/c23-21(24,15-20(26)27)13-11-19(12-14-29-16-17-7-3-1-4-8-17)30-22(25,28)18-9-5-2-6-10-18/h1-10,19,28H,11-16H2,(H,26,27). The summed E-state index contributed by atoms with van der Waals surface area (Å²) in [5, 5.41) is 18.5. The molecule has 0 bridgehead atoms. The lowest BCUT2D eigenvalue weighted by Crippen LogP contribution is -2.27. The van der Waals surface area contributed by atoms with Gasteiger partial charge >= 0.3 is 5.97 Å². The van der Waals surface area contributed by atoms with E-state index in [1.807, 2.05) is 48.2 Å². The van der Waals surface area contributed by atoms with Gasteiger partial charge in [-0.2, -0.15) is 11.8 Å². The summed E-state index contributed by atoms with van der Waals surface area (Å²) in [4.78, 5) is 9.44. The monoisotopic (exact) mass is 434 g/mol. The van der Waals surface area contributed by atoms with Crippen molar-refractivity contribution in [3.63, 3.8) is 0 Å². The minimum absolute atomic E-state index is 0.0243. The Labute approximate surface area is 192 Å². The molecule has 3 nitrogen and oxygen atoms in total. The molecule has 0 aliphatic rings. The summed E-state index contributed by atoms with van der Waals surface area (Å²) in [6, 6.07) is 19.3. The molecule has 2 aromatic carbocycles. The first-order valence-electron chi connectivity index (χ1n) is 9.84. The molecule has 2 rings (SSSR count). The van der Waals surface area contributed by atoms with Crippen molar-refractivity contribution in [3.05, 3.63) is 71.8 Å². The average Bonchev–Trinajstić information content (AvgIpc) is 2.69. The number of hydrogen-bond donors (Lipinski definition) is 2. The van der Waals surface area contributed by atoms with Gasteiger partial charge in [-0.05, 0) is 29.7 Å². The lowest BCUT2D eigenvalue weighted by Gasteiger charge is -2.32. The van der Waals surface area contributed by atoms with E-state index in [0.717, 1.165) is 17.9 Å². The zero-order valence-electron chi connectivity index (χ0n) is 16.9. The molecule has 0 spiro atoms. The fraction of sp³-hybridized carbons (Fsp3) is 0.409. The molecule has 2 unspecified atom stereocenters. The lowest BCUT2D eigenvalue weighted by molar-refractivity contribution is -0.137. The van der Waals surface area contributed by atoms with Gasteiger partial charge in [-0.15, -0.1) is 11.8 Å². The molecule has 0 aromatic heterocycles. The van der Waals surface area contributed by atoms with E-state index in [-0.39, 0.29) is 11.7 Å². The summed E-state index contributed by atoms with van der Waals surface area (Å²) in [7, 11) is 18.1. The second kappa shape index (κ2) is 12.0. The minimum atomic E-state index is -1.55. The van der Waals surface area contributed by atoms with Crippen molar-refractivity contribution in [2.24, 2.45) is 0 Å². The van der Waals surface area contributed by atoms with Crippen LogP contribution in [0.3, 0.4) is 0 Å². The van der Waals surface area contributed by atoms with Gasteiger partial charge in [0.1, 0.15) is 7.85 Å². The first kappa shape index (κ1) is 25.0. The maximum absolute atomic E-state index is 11.0. The summed E-state index contributed by atoms with van der Waals surface area (Å²) >= 11 is 3.08. The Morgan fingerprint density at radius 2 is 1.57 bits per heavy atom. The van der Waals surface area contributed by atoms with Crippen LogP contribution >= 0.6 is 23.5 Å². The van der Waals surface area contributed by atoms with Crippen LogP contribution in [0.25, 0.3) is 0 Å². The van der Waals surface area contributed by atoms with Gasteiger partial charge in [-0.3, -0.25) is 4.79 Å². The van der Waals surface area contributed by atoms with Crippen molar-refractivity contribution in [3.8, 4) is 0 Å². The molecular weight excluding hydrogens is 409 g/mol. The highest BCUT2D eigenvalue weighted by molar-refractivity contribution is 8.01. The molecule has 30 heavy (non-hydrogen) atoms. The van der Waals surface area contributed by atoms with Crippen LogP contribution in [-0.2, 0) is 15.4 Å². The zero-order chi connectivity index (χ0) is 22.0. The number of hydrogen-bond acceptors (Lipinski definition) is 4. The van der Waals surface area contributed by atoms with Crippen molar-refractivity contribution in [1.29, 1.82) is 0 Å². The number of aliphatic hydroxyl groups is 1. The summed E-state index contributed by atoms with van der Waals surface area (Å²) in [5.74, 6) is 0.751. The van der Waals surface area contributed by atoms with Gasteiger partial charge in [0.05, 0.1) is 20.5 Å². The topological polar surface area (TPSA) is 57.5 Å². The van der Waals surface area contributed by atoms with E-state index >= 15 is 0 Å². The fourth-order valence-corrected chi connectivity index (χ4v) is 5.46. The maximum atomic E-state index is 11.0. The van der Waals surface area contributed by atoms with Crippen LogP contribution in [0, 0.1) is 0 Å². The minimum Gasteiger partial charge on any atom is -0.481 e. The third-order valence-electron chi connectivity index (χ3n) is 4.64. The number of thioether (sulfide) groups is 2. The highest BCUT2D eigenvalue weighted by atomic mass is 32.2. The second-order valence-electron chi connectivity index (χ2n) is 7.47. The highest BCUT2D eigenvalue weighted by Crippen LogP contribution is 2.40. The normalized spacial score (nSPS) is 14.7. The molecule has 0 heterocycles. The molecule has 2 aromatic rings. The Morgan fingerprint density at radius 3 is 2.17 bits per heavy atom. The summed E-state index contributed by atoms with van der Waals surface area (Å²) < 4.78 is 0. The largest absolute Gasteiger partial charge is 0.481 e. The average molecular weight is 434 g/mol. The number of carboxylic acids is 1.